The molecule has 120 valence electrons. The maximum absolute atomic E-state index is 12.5. The van der Waals surface area contributed by atoms with E-state index < -0.39 is 10.8 Å². The normalized spacial score (nSPS) is 11.9. The summed E-state index contributed by atoms with van der Waals surface area (Å²) in [6.07, 6.45) is 0. The number of nitrogens with one attached hydrogen (secondary N) is 1. The van der Waals surface area contributed by atoms with E-state index in [4.69, 9.17) is 0 Å². The molecule has 0 saturated carbocycles. The maximum atomic E-state index is 12.5. The van der Waals surface area contributed by atoms with Crippen molar-refractivity contribution < 1.29 is 9.72 Å². The monoisotopic (exact) mass is 320 g/mol. The number of nitrogens with zero attached hydrogens (tertiary/aromatic N) is 1. The number of carbonyl (C=O) groups is 1. The molecule has 0 heterocycles. The molecule has 0 radical (unpaired) electrons. The van der Waals surface area contributed by atoms with Crippen molar-refractivity contribution in [1.29, 1.82) is 0 Å². The van der Waals surface area contributed by atoms with Gasteiger partial charge < -0.3 is 5.32 Å². The number of para-hydroxylation sites is 1. The molecule has 0 fully saturated rings. The first kappa shape index (κ1) is 15.7. The van der Waals surface area contributed by atoms with Crippen molar-refractivity contribution in [3.8, 4) is 0 Å². The Hall–Kier alpha value is -3.21. The quantitative estimate of drug-likeness (QED) is 0.577. The molecule has 24 heavy (non-hydrogen) atoms. The third-order valence-electron chi connectivity index (χ3n) is 3.98. The van der Waals surface area contributed by atoms with E-state index in [1.807, 2.05) is 49.4 Å². The zero-order valence-corrected chi connectivity index (χ0v) is 13.1. The van der Waals surface area contributed by atoms with Gasteiger partial charge in [-0.1, -0.05) is 54.6 Å². The summed E-state index contributed by atoms with van der Waals surface area (Å²) in [5, 5.41) is 16.1. The van der Waals surface area contributed by atoms with Gasteiger partial charge in [0.15, 0.2) is 0 Å². The van der Waals surface area contributed by atoms with Crippen LogP contribution in [0, 0.1) is 10.1 Å². The van der Waals surface area contributed by atoms with Crippen LogP contribution >= 0.6 is 0 Å². The van der Waals surface area contributed by atoms with E-state index in [1.54, 1.807) is 12.1 Å². The second-order valence-corrected chi connectivity index (χ2v) is 5.54. The van der Waals surface area contributed by atoms with E-state index >= 15 is 0 Å². The molecule has 1 atom stereocenters. The lowest BCUT2D eigenvalue weighted by Crippen LogP contribution is -2.27. The van der Waals surface area contributed by atoms with Crippen LogP contribution in [0.25, 0.3) is 10.8 Å². The molecule has 0 aromatic heterocycles. The SMILES string of the molecule is CC(NC(=O)c1ccccc1[N+](=O)[O-])c1cccc2ccccc12. The van der Waals surface area contributed by atoms with Gasteiger partial charge in [-0.05, 0) is 29.3 Å². The molecule has 0 aliphatic rings. The molecule has 0 aliphatic heterocycles. The minimum absolute atomic E-state index is 0.0644. The fourth-order valence-corrected chi connectivity index (χ4v) is 2.81. The zero-order chi connectivity index (χ0) is 17.1. The highest BCUT2D eigenvalue weighted by Crippen LogP contribution is 2.25. The van der Waals surface area contributed by atoms with Crippen LogP contribution in [0.2, 0.25) is 0 Å². The van der Waals surface area contributed by atoms with Crippen LogP contribution in [0.5, 0.6) is 0 Å². The molecule has 1 unspecified atom stereocenters. The number of rotatable bonds is 4. The average Bonchev–Trinajstić information content (AvgIpc) is 2.61. The van der Waals surface area contributed by atoms with Gasteiger partial charge in [0.1, 0.15) is 5.56 Å². The number of hydrogen-bond donors (Lipinski definition) is 1. The Morgan fingerprint density at radius 1 is 1.00 bits per heavy atom. The van der Waals surface area contributed by atoms with Gasteiger partial charge in [-0.2, -0.15) is 0 Å². The molecule has 0 spiro atoms. The topological polar surface area (TPSA) is 72.2 Å². The second-order valence-electron chi connectivity index (χ2n) is 5.54. The molecule has 3 aromatic carbocycles. The third kappa shape index (κ3) is 2.96. The Balaban J connectivity index is 1.91. The maximum Gasteiger partial charge on any atom is 0.282 e. The van der Waals surface area contributed by atoms with Gasteiger partial charge in [0.2, 0.25) is 0 Å². The first-order valence-electron chi connectivity index (χ1n) is 7.60. The van der Waals surface area contributed by atoms with E-state index in [1.165, 1.54) is 12.1 Å². The van der Waals surface area contributed by atoms with E-state index in [0.29, 0.717) is 0 Å². The fourth-order valence-electron chi connectivity index (χ4n) is 2.81. The first-order valence-corrected chi connectivity index (χ1v) is 7.60. The van der Waals surface area contributed by atoms with Crippen LogP contribution in [-0.4, -0.2) is 10.8 Å². The molecule has 0 bridgehead atoms. The van der Waals surface area contributed by atoms with E-state index in [0.717, 1.165) is 16.3 Å². The Labute approximate surface area is 139 Å². The smallest absolute Gasteiger partial charge is 0.282 e. The van der Waals surface area contributed by atoms with Crippen LogP contribution in [0.3, 0.4) is 0 Å². The second kappa shape index (κ2) is 6.50. The Morgan fingerprint density at radius 3 is 2.46 bits per heavy atom. The largest absolute Gasteiger partial charge is 0.345 e. The number of amides is 1. The Bertz CT molecular complexity index is 916. The lowest BCUT2D eigenvalue weighted by molar-refractivity contribution is -0.385. The highest BCUT2D eigenvalue weighted by molar-refractivity contribution is 5.98. The predicted molar refractivity (Wildman–Crippen MR) is 92.9 cm³/mol. The van der Waals surface area contributed by atoms with Crippen LogP contribution in [0.15, 0.2) is 66.7 Å². The van der Waals surface area contributed by atoms with Crippen LogP contribution in [-0.2, 0) is 0 Å². The Kier molecular flexibility index (Phi) is 4.24. The fraction of sp³-hybridized carbons (Fsp3) is 0.105. The van der Waals surface area contributed by atoms with Gasteiger partial charge in [-0.3, -0.25) is 14.9 Å². The van der Waals surface area contributed by atoms with Crippen molar-refractivity contribution in [3.05, 3.63) is 88.0 Å². The molecule has 3 rings (SSSR count). The zero-order valence-electron chi connectivity index (χ0n) is 13.1. The van der Waals surface area contributed by atoms with Gasteiger partial charge in [0.05, 0.1) is 11.0 Å². The average molecular weight is 320 g/mol. The van der Waals surface area contributed by atoms with Crippen LogP contribution in [0.1, 0.15) is 28.9 Å². The summed E-state index contributed by atoms with van der Waals surface area (Å²) in [4.78, 5) is 23.0. The van der Waals surface area contributed by atoms with Gasteiger partial charge in [-0.15, -0.1) is 0 Å². The molecular formula is C19H16N2O3. The number of carbonyl (C=O) groups excluding carboxylic acids is 1. The number of hydrogen-bond acceptors (Lipinski definition) is 3. The molecule has 0 aliphatic carbocycles. The van der Waals surface area contributed by atoms with E-state index in [9.17, 15) is 14.9 Å². The van der Waals surface area contributed by atoms with Crippen molar-refractivity contribution in [3.63, 3.8) is 0 Å². The predicted octanol–water partition coefficient (Wildman–Crippen LogP) is 4.24. The van der Waals surface area contributed by atoms with Crippen molar-refractivity contribution in [1.82, 2.24) is 5.32 Å². The highest BCUT2D eigenvalue weighted by atomic mass is 16.6. The van der Waals surface area contributed by atoms with Crippen molar-refractivity contribution in [2.24, 2.45) is 0 Å². The molecule has 5 nitrogen and oxygen atoms in total. The number of nitro groups is 1. The van der Waals surface area contributed by atoms with Crippen LogP contribution in [0.4, 0.5) is 5.69 Å². The van der Waals surface area contributed by atoms with Gasteiger partial charge >= 0.3 is 0 Å². The van der Waals surface area contributed by atoms with Crippen molar-refractivity contribution >= 4 is 22.4 Å². The lowest BCUT2D eigenvalue weighted by Gasteiger charge is -2.16. The summed E-state index contributed by atoms with van der Waals surface area (Å²) in [6, 6.07) is 19.5. The number of fused-ring (bicyclic) bond motifs is 1. The van der Waals surface area contributed by atoms with Gasteiger partial charge in [-0.25, -0.2) is 0 Å². The summed E-state index contributed by atoms with van der Waals surface area (Å²) >= 11 is 0. The summed E-state index contributed by atoms with van der Waals surface area (Å²) in [5.74, 6) is -0.456. The van der Waals surface area contributed by atoms with E-state index in [-0.39, 0.29) is 17.3 Å². The standard InChI is InChI=1S/C19H16N2O3/c1-13(15-11-6-8-14-7-2-3-9-16(14)15)20-19(22)17-10-4-5-12-18(17)21(23)24/h2-13H,1H3,(H,20,22). The number of nitro benzene ring substituents is 1. The summed E-state index contributed by atoms with van der Waals surface area (Å²) < 4.78 is 0. The van der Waals surface area contributed by atoms with Gasteiger partial charge in [0, 0.05) is 6.07 Å². The molecule has 1 amide bonds. The lowest BCUT2D eigenvalue weighted by atomic mass is 9.99. The third-order valence-corrected chi connectivity index (χ3v) is 3.98. The van der Waals surface area contributed by atoms with E-state index in [2.05, 4.69) is 5.32 Å². The molecule has 5 heteroatoms. The minimum Gasteiger partial charge on any atom is -0.345 e. The molecule has 1 N–H and O–H groups in total. The minimum atomic E-state index is -0.544. The number of benzene rings is 3. The Morgan fingerprint density at radius 2 is 1.67 bits per heavy atom. The summed E-state index contributed by atoms with van der Waals surface area (Å²) in [6.45, 7) is 1.87. The van der Waals surface area contributed by atoms with Crippen LogP contribution < -0.4 is 5.32 Å². The molecular weight excluding hydrogens is 304 g/mol. The first-order chi connectivity index (χ1) is 11.6. The molecule has 0 saturated heterocycles. The van der Waals surface area contributed by atoms with Gasteiger partial charge in [0.25, 0.3) is 11.6 Å². The highest BCUT2D eigenvalue weighted by Gasteiger charge is 2.21. The van der Waals surface area contributed by atoms with Crippen molar-refractivity contribution in [2.45, 2.75) is 13.0 Å². The summed E-state index contributed by atoms with van der Waals surface area (Å²) in [5.41, 5.74) is 0.842. The molecule has 3 aromatic rings. The summed E-state index contributed by atoms with van der Waals surface area (Å²) in [7, 11) is 0. The van der Waals surface area contributed by atoms with Crippen molar-refractivity contribution in [2.75, 3.05) is 0 Å².